The molecule has 0 aliphatic rings. The summed E-state index contributed by atoms with van der Waals surface area (Å²) in [6, 6.07) is 11.6. The van der Waals surface area contributed by atoms with Crippen molar-refractivity contribution in [3.8, 4) is 0 Å². The fourth-order valence-corrected chi connectivity index (χ4v) is 3.65. The molecular formula is C18H21NO4S. The molecule has 0 fully saturated rings. The molecule has 0 aliphatic carbocycles. The van der Waals surface area contributed by atoms with Crippen LogP contribution < -0.4 is 4.31 Å². The summed E-state index contributed by atoms with van der Waals surface area (Å²) in [5.41, 5.74) is 2.35. The Morgan fingerprint density at radius 1 is 1.08 bits per heavy atom. The second-order valence-electron chi connectivity index (χ2n) is 5.46. The van der Waals surface area contributed by atoms with Crippen molar-refractivity contribution in [2.75, 3.05) is 18.0 Å². The maximum Gasteiger partial charge on any atom is 0.338 e. The van der Waals surface area contributed by atoms with Gasteiger partial charge in [0.2, 0.25) is 0 Å². The summed E-state index contributed by atoms with van der Waals surface area (Å²) < 4.78 is 31.8. The molecule has 0 unspecified atom stereocenters. The Balaban J connectivity index is 2.46. The van der Waals surface area contributed by atoms with Crippen LogP contribution in [0, 0.1) is 13.8 Å². The number of carbonyl (C=O) groups is 1. The Bertz CT molecular complexity index is 842. The summed E-state index contributed by atoms with van der Waals surface area (Å²) in [5, 5.41) is 0. The zero-order valence-electron chi connectivity index (χ0n) is 14.2. The average Bonchev–Trinajstić information content (AvgIpc) is 2.55. The van der Waals surface area contributed by atoms with E-state index in [4.69, 9.17) is 4.74 Å². The van der Waals surface area contributed by atoms with Gasteiger partial charge in [-0.15, -0.1) is 0 Å². The van der Waals surface area contributed by atoms with E-state index >= 15 is 0 Å². The third-order valence-electron chi connectivity index (χ3n) is 3.82. The Labute approximate surface area is 142 Å². The summed E-state index contributed by atoms with van der Waals surface area (Å²) in [6.07, 6.45) is 0. The molecule has 0 heterocycles. The van der Waals surface area contributed by atoms with Gasteiger partial charge in [0.15, 0.2) is 0 Å². The van der Waals surface area contributed by atoms with Gasteiger partial charge >= 0.3 is 5.97 Å². The smallest absolute Gasteiger partial charge is 0.338 e. The zero-order valence-corrected chi connectivity index (χ0v) is 15.1. The molecule has 0 amide bonds. The molecule has 0 N–H and O–H groups in total. The van der Waals surface area contributed by atoms with E-state index in [1.54, 1.807) is 56.3 Å². The first kappa shape index (κ1) is 18.0. The fraction of sp³-hybridized carbons (Fsp3) is 0.278. The maximum atomic E-state index is 12.8. The second kappa shape index (κ2) is 7.05. The topological polar surface area (TPSA) is 63.7 Å². The van der Waals surface area contributed by atoms with Crippen LogP contribution in [0.5, 0.6) is 0 Å². The summed E-state index contributed by atoms with van der Waals surface area (Å²) in [7, 11) is -2.23. The Kier molecular flexibility index (Phi) is 5.29. The monoisotopic (exact) mass is 347 g/mol. The number of nitrogens with zero attached hydrogens (tertiary/aromatic N) is 1. The fourth-order valence-electron chi connectivity index (χ4n) is 2.39. The van der Waals surface area contributed by atoms with Gasteiger partial charge in [0.25, 0.3) is 10.0 Å². The van der Waals surface area contributed by atoms with Gasteiger partial charge in [0, 0.05) is 7.05 Å². The number of ether oxygens (including phenoxy) is 1. The number of hydrogen-bond donors (Lipinski definition) is 0. The highest BCUT2D eigenvalue weighted by atomic mass is 32.2. The number of esters is 1. The predicted molar refractivity (Wildman–Crippen MR) is 93.9 cm³/mol. The van der Waals surface area contributed by atoms with E-state index in [1.165, 1.54) is 11.4 Å². The normalized spacial score (nSPS) is 11.2. The van der Waals surface area contributed by atoms with Gasteiger partial charge in [-0.1, -0.05) is 23.8 Å². The van der Waals surface area contributed by atoms with Crippen molar-refractivity contribution in [3.05, 3.63) is 59.2 Å². The number of hydrogen-bond acceptors (Lipinski definition) is 4. The van der Waals surface area contributed by atoms with Gasteiger partial charge in [-0.05, 0) is 50.6 Å². The molecule has 2 aromatic rings. The minimum Gasteiger partial charge on any atom is -0.462 e. The van der Waals surface area contributed by atoms with E-state index < -0.39 is 16.0 Å². The first-order valence-electron chi connectivity index (χ1n) is 7.61. The van der Waals surface area contributed by atoms with E-state index in [2.05, 4.69) is 0 Å². The molecule has 0 aromatic heterocycles. The van der Waals surface area contributed by atoms with E-state index in [0.29, 0.717) is 16.8 Å². The minimum atomic E-state index is -3.70. The van der Waals surface area contributed by atoms with Crippen LogP contribution in [-0.2, 0) is 14.8 Å². The van der Waals surface area contributed by atoms with Gasteiger partial charge in [-0.2, -0.15) is 0 Å². The lowest BCUT2D eigenvalue weighted by molar-refractivity contribution is 0.0525. The molecule has 5 nitrogen and oxygen atoms in total. The van der Waals surface area contributed by atoms with Crippen LogP contribution in [-0.4, -0.2) is 28.0 Å². The van der Waals surface area contributed by atoms with Crippen LogP contribution in [0.1, 0.15) is 28.4 Å². The summed E-state index contributed by atoms with van der Waals surface area (Å²) in [6.45, 7) is 5.60. The molecule has 0 bridgehead atoms. The molecule has 128 valence electrons. The first-order chi connectivity index (χ1) is 11.3. The molecular weight excluding hydrogens is 326 g/mol. The van der Waals surface area contributed by atoms with Crippen molar-refractivity contribution in [2.45, 2.75) is 25.7 Å². The molecule has 0 radical (unpaired) electrons. The average molecular weight is 347 g/mol. The lowest BCUT2D eigenvalue weighted by Crippen LogP contribution is -2.27. The highest BCUT2D eigenvalue weighted by molar-refractivity contribution is 7.92. The molecule has 2 aromatic carbocycles. The molecule has 0 saturated carbocycles. The molecule has 0 atom stereocenters. The first-order valence-corrected chi connectivity index (χ1v) is 9.05. The predicted octanol–water partition coefficient (Wildman–Crippen LogP) is 3.31. The Hall–Kier alpha value is -2.34. The van der Waals surface area contributed by atoms with Gasteiger partial charge in [0.05, 0.1) is 22.8 Å². The molecule has 2 rings (SSSR count). The van der Waals surface area contributed by atoms with Crippen LogP contribution in [0.15, 0.2) is 47.4 Å². The maximum absolute atomic E-state index is 12.8. The van der Waals surface area contributed by atoms with Gasteiger partial charge in [-0.3, -0.25) is 4.31 Å². The van der Waals surface area contributed by atoms with Crippen molar-refractivity contribution in [1.82, 2.24) is 0 Å². The van der Waals surface area contributed by atoms with Crippen LogP contribution in [0.25, 0.3) is 0 Å². The van der Waals surface area contributed by atoms with Crippen molar-refractivity contribution in [3.63, 3.8) is 0 Å². The van der Waals surface area contributed by atoms with Crippen molar-refractivity contribution in [1.29, 1.82) is 0 Å². The van der Waals surface area contributed by atoms with E-state index in [0.717, 1.165) is 5.56 Å². The quantitative estimate of drug-likeness (QED) is 0.779. The minimum absolute atomic E-state index is 0.205. The number of benzene rings is 2. The van der Waals surface area contributed by atoms with Crippen LogP contribution >= 0.6 is 0 Å². The second-order valence-corrected chi connectivity index (χ2v) is 7.43. The van der Waals surface area contributed by atoms with Crippen molar-refractivity contribution in [2.24, 2.45) is 0 Å². The van der Waals surface area contributed by atoms with Gasteiger partial charge < -0.3 is 4.74 Å². The standard InChI is InChI=1S/C18H21NO4S/c1-5-23-18(20)16-7-6-8-17(14(16)3)19(4)24(21,22)15-11-9-13(2)10-12-15/h6-12H,5H2,1-4H3. The van der Waals surface area contributed by atoms with Crippen molar-refractivity contribution >= 4 is 21.7 Å². The van der Waals surface area contributed by atoms with E-state index in [1.807, 2.05) is 6.92 Å². The largest absolute Gasteiger partial charge is 0.462 e. The molecule has 0 aliphatic heterocycles. The Morgan fingerprint density at radius 3 is 2.29 bits per heavy atom. The third-order valence-corrected chi connectivity index (χ3v) is 5.60. The highest BCUT2D eigenvalue weighted by Crippen LogP contribution is 2.27. The van der Waals surface area contributed by atoms with Crippen LogP contribution in [0.2, 0.25) is 0 Å². The third kappa shape index (κ3) is 3.43. The summed E-state index contributed by atoms with van der Waals surface area (Å²) >= 11 is 0. The summed E-state index contributed by atoms with van der Waals surface area (Å²) in [5.74, 6) is -0.460. The lowest BCUT2D eigenvalue weighted by Gasteiger charge is -2.22. The van der Waals surface area contributed by atoms with Crippen LogP contribution in [0.4, 0.5) is 5.69 Å². The Morgan fingerprint density at radius 2 is 1.71 bits per heavy atom. The lowest BCUT2D eigenvalue weighted by atomic mass is 10.1. The molecule has 6 heteroatoms. The molecule has 0 saturated heterocycles. The molecule has 0 spiro atoms. The molecule has 24 heavy (non-hydrogen) atoms. The zero-order chi connectivity index (χ0) is 17.9. The SMILES string of the molecule is CCOC(=O)c1cccc(N(C)S(=O)(=O)c2ccc(C)cc2)c1C. The van der Waals surface area contributed by atoms with E-state index in [-0.39, 0.29) is 11.5 Å². The number of rotatable bonds is 5. The van der Waals surface area contributed by atoms with Gasteiger partial charge in [-0.25, -0.2) is 13.2 Å². The highest BCUT2D eigenvalue weighted by Gasteiger charge is 2.24. The van der Waals surface area contributed by atoms with Crippen LogP contribution in [0.3, 0.4) is 0 Å². The summed E-state index contributed by atoms with van der Waals surface area (Å²) in [4.78, 5) is 12.2. The number of aryl methyl sites for hydroxylation is 1. The number of anilines is 1. The van der Waals surface area contributed by atoms with Gasteiger partial charge in [0.1, 0.15) is 0 Å². The number of sulfonamides is 1. The van der Waals surface area contributed by atoms with Crippen molar-refractivity contribution < 1.29 is 17.9 Å². The number of carbonyl (C=O) groups excluding carboxylic acids is 1. The van der Waals surface area contributed by atoms with E-state index in [9.17, 15) is 13.2 Å².